The molecule has 610 valence electrons. The molecular formula is C114H83BrClIN2O4Si4. The molecule has 1 aromatic heterocycles. The predicted molar refractivity (Wildman–Crippen MR) is 551 cm³/mol. The minimum Gasteiger partial charge on any atom is -0.458 e. The number of aromatic nitrogens is 1. The number of H-pyrrole nitrogens is 1. The van der Waals surface area contributed by atoms with Gasteiger partial charge in [-0.1, -0.05) is 410 Å². The van der Waals surface area contributed by atoms with Crippen molar-refractivity contribution >= 4 is 199 Å². The van der Waals surface area contributed by atoms with E-state index in [-0.39, 0.29) is 0 Å². The molecule has 0 amide bonds. The first kappa shape index (κ1) is 81.7. The number of nitrogens with one attached hydrogen (secondary N) is 2. The van der Waals surface area contributed by atoms with Crippen LogP contribution in [0.5, 0.6) is 46.0 Å². The van der Waals surface area contributed by atoms with Crippen molar-refractivity contribution in [3.8, 4) is 46.0 Å². The van der Waals surface area contributed by atoms with Gasteiger partial charge in [0.1, 0.15) is 46.0 Å². The summed E-state index contributed by atoms with van der Waals surface area (Å²) in [5.41, 5.74) is 4.17. The van der Waals surface area contributed by atoms with Gasteiger partial charge in [0, 0.05) is 35.5 Å². The number of rotatable bonds is 10. The van der Waals surface area contributed by atoms with Gasteiger partial charge in [-0.2, -0.15) is 0 Å². The van der Waals surface area contributed by atoms with Crippen molar-refractivity contribution in [2.45, 2.75) is 0 Å². The number of benzene rings is 19. The lowest BCUT2D eigenvalue weighted by Crippen LogP contribution is -2.76. The van der Waals surface area contributed by atoms with Crippen molar-refractivity contribution in [1.82, 2.24) is 4.98 Å². The van der Waals surface area contributed by atoms with Crippen LogP contribution < -0.4 is 107 Å². The Balaban J connectivity index is 0.000000104. The summed E-state index contributed by atoms with van der Waals surface area (Å²) >= 11 is 12.4. The fourth-order valence-electron chi connectivity index (χ4n) is 19.3. The summed E-state index contributed by atoms with van der Waals surface area (Å²) in [7, 11) is -10.1. The Hall–Kier alpha value is -13.7. The van der Waals surface area contributed by atoms with E-state index < -0.39 is 32.3 Å². The maximum atomic E-state index is 6.62. The van der Waals surface area contributed by atoms with Crippen molar-refractivity contribution in [2.24, 2.45) is 0 Å². The number of halogens is 3. The summed E-state index contributed by atoms with van der Waals surface area (Å²) in [5.74, 6) is 7.64. The zero-order valence-electron chi connectivity index (χ0n) is 69.0. The van der Waals surface area contributed by atoms with E-state index in [0.717, 1.165) is 72.9 Å². The molecule has 4 aliphatic rings. The molecule has 0 saturated carbocycles. The third kappa shape index (κ3) is 15.1. The molecule has 0 atom stereocenters. The van der Waals surface area contributed by atoms with Crippen LogP contribution in [-0.2, 0) is 0 Å². The molecule has 127 heavy (non-hydrogen) atoms. The topological polar surface area (TPSA) is 64.7 Å². The zero-order valence-corrected chi connectivity index (χ0v) is 77.5. The largest absolute Gasteiger partial charge is 0.458 e. The molecule has 0 saturated heterocycles. The van der Waals surface area contributed by atoms with Crippen molar-refractivity contribution < 1.29 is 18.9 Å². The summed E-state index contributed by atoms with van der Waals surface area (Å²) in [4.78, 5) is 3.66. The van der Waals surface area contributed by atoms with Gasteiger partial charge in [0.05, 0.1) is 10.7 Å². The van der Waals surface area contributed by atoms with E-state index in [1.807, 2.05) is 48.5 Å². The van der Waals surface area contributed by atoms with Gasteiger partial charge >= 0.3 is 0 Å². The smallest absolute Gasteiger partial charge is 0.188 e. The molecule has 13 heteroatoms. The van der Waals surface area contributed by atoms with Gasteiger partial charge in [0.2, 0.25) is 0 Å². The molecule has 5 heterocycles. The second-order valence-electron chi connectivity index (χ2n) is 31.6. The lowest BCUT2D eigenvalue weighted by molar-refractivity contribution is 0.486. The van der Waals surface area contributed by atoms with Gasteiger partial charge in [0.15, 0.2) is 32.3 Å². The fourth-order valence-corrected chi connectivity index (χ4v) is 40.3. The Labute approximate surface area is 771 Å². The molecule has 20 aromatic rings. The summed E-state index contributed by atoms with van der Waals surface area (Å²) in [6.07, 6.45) is 0. The van der Waals surface area contributed by atoms with Crippen LogP contribution in [0.1, 0.15) is 0 Å². The van der Waals surface area contributed by atoms with E-state index in [4.69, 9.17) is 30.5 Å². The van der Waals surface area contributed by atoms with Gasteiger partial charge in [-0.3, -0.25) is 0 Å². The summed E-state index contributed by atoms with van der Waals surface area (Å²) in [6, 6.07) is 174. The highest BCUT2D eigenvalue weighted by molar-refractivity contribution is 14.1. The lowest BCUT2D eigenvalue weighted by Gasteiger charge is -2.39. The van der Waals surface area contributed by atoms with Crippen LogP contribution in [-0.4, -0.2) is 37.3 Å². The quantitative estimate of drug-likeness (QED) is 0.106. The third-order valence-corrected chi connectivity index (χ3v) is 45.5. The lowest BCUT2D eigenvalue weighted by atomic mass is 10.1. The molecule has 0 aliphatic carbocycles. The Bertz CT molecular complexity index is 7090. The van der Waals surface area contributed by atoms with Gasteiger partial charge in [-0.05, 0) is 215 Å². The van der Waals surface area contributed by atoms with E-state index in [1.54, 1.807) is 0 Å². The number of para-hydroxylation sites is 7. The van der Waals surface area contributed by atoms with Crippen LogP contribution in [0.2, 0.25) is 5.02 Å². The average molecular weight is 1900 g/mol. The monoisotopic (exact) mass is 1900 g/mol. The molecular weight excluding hydrogens is 1820 g/mol. The minimum absolute atomic E-state index is 0.691. The van der Waals surface area contributed by atoms with Crippen LogP contribution in [0.15, 0.2) is 496 Å². The molecule has 4 aliphatic heterocycles. The Morgan fingerprint density at radius 2 is 0.504 bits per heavy atom. The molecule has 6 nitrogen and oxygen atoms in total. The van der Waals surface area contributed by atoms with Crippen LogP contribution in [0, 0.1) is 3.57 Å². The Morgan fingerprint density at radius 1 is 0.228 bits per heavy atom. The molecule has 0 fully saturated rings. The third-order valence-electron chi connectivity index (χ3n) is 24.6. The van der Waals surface area contributed by atoms with Crippen molar-refractivity contribution in [3.05, 3.63) is 504 Å². The highest BCUT2D eigenvalue weighted by atomic mass is 127. The van der Waals surface area contributed by atoms with Crippen LogP contribution >= 0.6 is 50.1 Å². The van der Waals surface area contributed by atoms with Crippen molar-refractivity contribution in [3.63, 3.8) is 0 Å². The highest BCUT2D eigenvalue weighted by Gasteiger charge is 2.52. The molecule has 19 aromatic carbocycles. The molecule has 0 spiro atoms. The Kier molecular flexibility index (Phi) is 23.2. The molecule has 2 N–H and O–H groups in total. The molecule has 24 rings (SSSR count). The van der Waals surface area contributed by atoms with E-state index in [1.165, 1.54) is 97.3 Å². The first-order valence-electron chi connectivity index (χ1n) is 42.6. The number of aromatic amines is 1. The standard InChI is InChI=1S/C30H22ClNOSi.C30H21NOSi.C24H17BrOSi.C24H18OSi.C6H5I/c31-25-15-7-8-16-26(25)32-22-19-20-28-30(21-22)34(23-11-3-1-4-12-23,24-13-5-2-6-14-24)29-18-10-9-17-27(29)33-28;1-3-11-21(12-4-1)33(22-13-5-2-6-14-22)29-18-10-9-17-27(29)32-28-19-24-23-15-7-8-16-25(23)31-26(24)20-30(28)33;25-18-15-16-22-24(17-18)27(19-9-3-1-4-10-19,20-11-5-2-6-12-20)23-14-8-7-13-21(23)26-22;1-3-11-19(12-4-1)26(20-13-5-2-6-14-20)23-17-9-7-15-21(23)25-22-16-8-10-18-24(22)26;7-6-4-2-1-3-5-6/h1-21,32H;1-20,31H;1-17H;1-18H;1-5H. The zero-order chi connectivity index (χ0) is 85.6. The first-order chi connectivity index (χ1) is 62.7. The number of fused-ring (bicyclic) bond motifs is 11. The average Bonchev–Trinajstić information content (AvgIpc) is 1.62. The number of hydrogen-bond acceptors (Lipinski definition) is 5. The first-order valence-corrected chi connectivity index (χ1v) is 52.8. The predicted octanol–water partition coefficient (Wildman–Crippen LogP) is 19.8. The number of ether oxygens (including phenoxy) is 4. The van der Waals surface area contributed by atoms with E-state index in [0.29, 0.717) is 5.02 Å². The number of hydrogen-bond donors (Lipinski definition) is 2. The summed E-state index contributed by atoms with van der Waals surface area (Å²) in [5, 5.41) is 27.8. The van der Waals surface area contributed by atoms with E-state index in [9.17, 15) is 0 Å². The van der Waals surface area contributed by atoms with Crippen LogP contribution in [0.4, 0.5) is 11.4 Å². The van der Waals surface area contributed by atoms with Crippen LogP contribution in [0.25, 0.3) is 21.8 Å². The summed E-state index contributed by atoms with van der Waals surface area (Å²) < 4.78 is 28.1. The summed E-state index contributed by atoms with van der Waals surface area (Å²) in [6.45, 7) is 0. The SMILES string of the molecule is Brc1ccc2c(c1)[Si](c1ccccc1)(c1ccccc1)c1ccccc1O2.Clc1ccccc1Nc1ccc2c(c1)[Si](c1ccccc1)(c1ccccc1)c1ccccc1O2.Ic1ccccc1.c1ccc([Si]2(c3ccccc3)c3ccccc3Oc3cc4c(cc32)[nH]c2ccccc24)cc1.c1ccc([Si]2(c3ccccc3)c3ccccc3Oc3ccccc32)cc1. The van der Waals surface area contributed by atoms with Gasteiger partial charge in [0.25, 0.3) is 0 Å². The maximum absolute atomic E-state index is 6.62. The van der Waals surface area contributed by atoms with Crippen molar-refractivity contribution in [2.75, 3.05) is 5.32 Å². The van der Waals surface area contributed by atoms with E-state index in [2.05, 4.69) is 492 Å². The molecule has 0 bridgehead atoms. The van der Waals surface area contributed by atoms with Crippen molar-refractivity contribution in [1.29, 1.82) is 0 Å². The Morgan fingerprint density at radius 3 is 0.858 bits per heavy atom. The van der Waals surface area contributed by atoms with Gasteiger partial charge in [-0.15, -0.1) is 0 Å². The second-order valence-corrected chi connectivity index (χ2v) is 49.1. The minimum atomic E-state index is -2.64. The fraction of sp³-hybridized carbons (Fsp3) is 0. The van der Waals surface area contributed by atoms with Gasteiger partial charge < -0.3 is 29.2 Å². The van der Waals surface area contributed by atoms with Gasteiger partial charge in [-0.25, -0.2) is 0 Å². The maximum Gasteiger partial charge on any atom is 0.188 e. The second kappa shape index (κ2) is 36.1. The number of anilines is 2. The molecule has 0 unspecified atom stereocenters. The normalized spacial score (nSPS) is 13.5. The van der Waals surface area contributed by atoms with E-state index >= 15 is 0 Å². The highest BCUT2D eigenvalue weighted by Crippen LogP contribution is 2.38. The molecule has 0 radical (unpaired) electrons. The van der Waals surface area contributed by atoms with Crippen LogP contribution in [0.3, 0.4) is 0 Å².